The number of nitrogens with one attached hydrogen (secondary N) is 2. The monoisotopic (exact) mass is 393 g/mol. The Kier molecular flexibility index (Phi) is 5.07. The molecule has 0 radical (unpaired) electrons. The van der Waals surface area contributed by atoms with Gasteiger partial charge in [-0.15, -0.1) is 0 Å². The first-order valence-corrected chi connectivity index (χ1v) is 8.80. The molecule has 0 saturated heterocycles. The summed E-state index contributed by atoms with van der Waals surface area (Å²) in [4.78, 5) is 27.9. The van der Waals surface area contributed by atoms with Gasteiger partial charge in [-0.2, -0.15) is 0 Å². The van der Waals surface area contributed by atoms with Crippen LogP contribution in [0.3, 0.4) is 0 Å². The lowest BCUT2D eigenvalue weighted by Crippen LogP contribution is -2.26. The van der Waals surface area contributed by atoms with Crippen molar-refractivity contribution >= 4 is 17.5 Å². The van der Waals surface area contributed by atoms with Gasteiger partial charge in [0.1, 0.15) is 17.3 Å². The molecule has 0 spiro atoms. The second-order valence-electron chi connectivity index (χ2n) is 6.29. The van der Waals surface area contributed by atoms with Crippen LogP contribution in [0.15, 0.2) is 60.8 Å². The average molecular weight is 393 g/mol. The summed E-state index contributed by atoms with van der Waals surface area (Å²) in [5.41, 5.74) is 1.74. The molecular formula is C21H16FN3O4. The lowest BCUT2D eigenvalue weighted by molar-refractivity contribution is -0.118. The predicted octanol–water partition coefficient (Wildman–Crippen LogP) is 3.27. The Morgan fingerprint density at radius 2 is 2.00 bits per heavy atom. The standard InChI is InChI=1S/C21H16FN3O4/c22-15-3-5-16(6-4-15)29-20-8-1-13(10-23-20)11-24-21(27)14-2-7-17-18(9-14)28-12-19(26)25-17/h1-10H,11-12H2,(H,24,27)(H,25,26). The third-order valence-electron chi connectivity index (χ3n) is 4.16. The topological polar surface area (TPSA) is 89.6 Å². The molecule has 2 N–H and O–H groups in total. The summed E-state index contributed by atoms with van der Waals surface area (Å²) in [5, 5.41) is 5.48. The Labute approximate surface area is 165 Å². The van der Waals surface area contributed by atoms with Crippen molar-refractivity contribution in [3.05, 3.63) is 77.7 Å². The summed E-state index contributed by atoms with van der Waals surface area (Å²) in [6.45, 7) is 0.202. The van der Waals surface area contributed by atoms with Crippen LogP contribution < -0.4 is 20.1 Å². The van der Waals surface area contributed by atoms with Crippen molar-refractivity contribution in [2.45, 2.75) is 6.54 Å². The fourth-order valence-corrected chi connectivity index (χ4v) is 2.70. The van der Waals surface area contributed by atoms with Crippen LogP contribution in [0.4, 0.5) is 10.1 Å². The van der Waals surface area contributed by atoms with Gasteiger partial charge in [-0.1, -0.05) is 6.07 Å². The molecule has 0 fully saturated rings. The number of hydrogen-bond acceptors (Lipinski definition) is 5. The minimum absolute atomic E-state index is 0.0733. The van der Waals surface area contributed by atoms with E-state index in [2.05, 4.69) is 15.6 Å². The van der Waals surface area contributed by atoms with Crippen LogP contribution in [0, 0.1) is 5.82 Å². The Bertz CT molecular complexity index is 1050. The zero-order chi connectivity index (χ0) is 20.2. The molecule has 2 heterocycles. The zero-order valence-corrected chi connectivity index (χ0v) is 15.1. The van der Waals surface area contributed by atoms with E-state index >= 15 is 0 Å². The number of fused-ring (bicyclic) bond motifs is 1. The van der Waals surface area contributed by atoms with Crippen LogP contribution in [-0.2, 0) is 11.3 Å². The van der Waals surface area contributed by atoms with E-state index in [1.165, 1.54) is 24.3 Å². The van der Waals surface area contributed by atoms with E-state index in [4.69, 9.17) is 9.47 Å². The van der Waals surface area contributed by atoms with Crippen molar-refractivity contribution in [3.63, 3.8) is 0 Å². The maximum absolute atomic E-state index is 12.9. The molecule has 0 bridgehead atoms. The molecule has 146 valence electrons. The lowest BCUT2D eigenvalue weighted by atomic mass is 10.1. The number of benzene rings is 2. The van der Waals surface area contributed by atoms with Gasteiger partial charge in [-0.25, -0.2) is 9.37 Å². The van der Waals surface area contributed by atoms with Crippen molar-refractivity contribution < 1.29 is 23.5 Å². The van der Waals surface area contributed by atoms with E-state index in [1.54, 1.807) is 36.5 Å². The Balaban J connectivity index is 1.34. The molecule has 0 unspecified atom stereocenters. The van der Waals surface area contributed by atoms with Gasteiger partial charge in [0.25, 0.3) is 11.8 Å². The van der Waals surface area contributed by atoms with Gasteiger partial charge >= 0.3 is 0 Å². The van der Waals surface area contributed by atoms with Crippen molar-refractivity contribution in [1.82, 2.24) is 10.3 Å². The molecular weight excluding hydrogens is 377 g/mol. The average Bonchev–Trinajstić information content (AvgIpc) is 2.74. The number of halogens is 1. The predicted molar refractivity (Wildman–Crippen MR) is 102 cm³/mol. The molecule has 3 aromatic rings. The number of carbonyl (C=O) groups excluding carboxylic acids is 2. The van der Waals surface area contributed by atoms with Gasteiger partial charge < -0.3 is 20.1 Å². The van der Waals surface area contributed by atoms with E-state index < -0.39 is 0 Å². The molecule has 29 heavy (non-hydrogen) atoms. The number of pyridine rings is 1. The lowest BCUT2D eigenvalue weighted by Gasteiger charge is -2.18. The molecule has 2 aromatic carbocycles. The van der Waals surface area contributed by atoms with E-state index in [0.717, 1.165) is 5.56 Å². The summed E-state index contributed by atoms with van der Waals surface area (Å²) in [7, 11) is 0. The molecule has 0 aliphatic carbocycles. The highest BCUT2D eigenvalue weighted by molar-refractivity contribution is 5.98. The fraction of sp³-hybridized carbons (Fsp3) is 0.0952. The van der Waals surface area contributed by atoms with Gasteiger partial charge in [0.15, 0.2) is 6.61 Å². The number of nitrogens with zero attached hydrogens (tertiary/aromatic N) is 1. The molecule has 1 aromatic heterocycles. The highest BCUT2D eigenvalue weighted by Gasteiger charge is 2.17. The first-order valence-electron chi connectivity index (χ1n) is 8.80. The summed E-state index contributed by atoms with van der Waals surface area (Å²) in [6.07, 6.45) is 1.59. The van der Waals surface area contributed by atoms with Crippen LogP contribution >= 0.6 is 0 Å². The smallest absolute Gasteiger partial charge is 0.262 e. The third-order valence-corrected chi connectivity index (χ3v) is 4.16. The van der Waals surface area contributed by atoms with Crippen LogP contribution in [0.5, 0.6) is 17.4 Å². The number of rotatable bonds is 5. The van der Waals surface area contributed by atoms with Gasteiger partial charge in [0.05, 0.1) is 5.69 Å². The van der Waals surface area contributed by atoms with Crippen LogP contribution in [0.2, 0.25) is 0 Å². The first kappa shape index (κ1) is 18.4. The first-order chi connectivity index (χ1) is 14.1. The third kappa shape index (κ3) is 4.49. The number of aromatic nitrogens is 1. The van der Waals surface area contributed by atoms with E-state index in [1.807, 2.05) is 0 Å². The molecule has 1 aliphatic rings. The number of amides is 2. The van der Waals surface area contributed by atoms with Gasteiger partial charge in [-0.3, -0.25) is 9.59 Å². The van der Waals surface area contributed by atoms with Crippen molar-refractivity contribution in [1.29, 1.82) is 0 Å². The molecule has 2 amide bonds. The molecule has 0 saturated carbocycles. The Hall–Kier alpha value is -3.94. The maximum atomic E-state index is 12.9. The second-order valence-corrected chi connectivity index (χ2v) is 6.29. The Morgan fingerprint density at radius 3 is 2.76 bits per heavy atom. The largest absolute Gasteiger partial charge is 0.482 e. The highest BCUT2D eigenvalue weighted by Crippen LogP contribution is 2.28. The highest BCUT2D eigenvalue weighted by atomic mass is 19.1. The molecule has 0 atom stereocenters. The summed E-state index contributed by atoms with van der Waals surface area (Å²) in [6, 6.07) is 13.9. The molecule has 1 aliphatic heterocycles. The van der Waals surface area contributed by atoms with E-state index in [-0.39, 0.29) is 30.8 Å². The minimum Gasteiger partial charge on any atom is -0.482 e. The fourth-order valence-electron chi connectivity index (χ4n) is 2.70. The van der Waals surface area contributed by atoms with Crippen molar-refractivity contribution in [2.24, 2.45) is 0 Å². The minimum atomic E-state index is -0.341. The second kappa shape index (κ2) is 7.97. The molecule has 8 heteroatoms. The van der Waals surface area contributed by atoms with Crippen LogP contribution in [0.1, 0.15) is 15.9 Å². The van der Waals surface area contributed by atoms with Crippen LogP contribution in [0.25, 0.3) is 0 Å². The van der Waals surface area contributed by atoms with Gasteiger partial charge in [0, 0.05) is 24.4 Å². The van der Waals surface area contributed by atoms with Gasteiger partial charge in [0.2, 0.25) is 5.88 Å². The number of carbonyl (C=O) groups is 2. The summed E-state index contributed by atoms with van der Waals surface area (Å²) < 4.78 is 23.8. The quantitative estimate of drug-likeness (QED) is 0.694. The van der Waals surface area contributed by atoms with Gasteiger partial charge in [-0.05, 0) is 48.0 Å². The summed E-state index contributed by atoms with van der Waals surface area (Å²) >= 11 is 0. The summed E-state index contributed by atoms with van der Waals surface area (Å²) in [5.74, 6) is 0.452. The van der Waals surface area contributed by atoms with Crippen molar-refractivity contribution in [2.75, 3.05) is 11.9 Å². The molecule has 4 rings (SSSR count). The van der Waals surface area contributed by atoms with E-state index in [9.17, 15) is 14.0 Å². The zero-order valence-electron chi connectivity index (χ0n) is 15.1. The Morgan fingerprint density at radius 1 is 1.17 bits per heavy atom. The normalized spacial score (nSPS) is 12.4. The number of anilines is 1. The number of ether oxygens (including phenoxy) is 2. The van der Waals surface area contributed by atoms with Crippen molar-refractivity contribution in [3.8, 4) is 17.4 Å². The number of hydrogen-bond donors (Lipinski definition) is 2. The van der Waals surface area contributed by atoms with Crippen LogP contribution in [-0.4, -0.2) is 23.4 Å². The molecule has 7 nitrogen and oxygen atoms in total. The SMILES string of the molecule is O=C1COc2cc(C(=O)NCc3ccc(Oc4ccc(F)cc4)nc3)ccc2N1. The maximum Gasteiger partial charge on any atom is 0.262 e. The van der Waals surface area contributed by atoms with E-state index in [0.29, 0.717) is 28.6 Å².